The predicted octanol–water partition coefficient (Wildman–Crippen LogP) is 3.81. The molecule has 132 valence electrons. The number of amides is 1. The fraction of sp³-hybridized carbons (Fsp3) is 0.211. The first-order chi connectivity index (χ1) is 12.0. The van der Waals surface area contributed by atoms with Crippen LogP contribution in [0.4, 0.5) is 10.1 Å². The molecule has 2 rings (SSSR count). The van der Waals surface area contributed by atoms with Crippen molar-refractivity contribution >= 4 is 17.7 Å². The number of anilines is 1. The van der Waals surface area contributed by atoms with Crippen molar-refractivity contribution in [2.45, 2.75) is 6.92 Å². The molecule has 1 amide bonds. The largest absolute Gasteiger partial charge is 0.493 e. The second-order valence-electron chi connectivity index (χ2n) is 5.26. The zero-order valence-electron chi connectivity index (χ0n) is 14.6. The van der Waals surface area contributed by atoms with Crippen molar-refractivity contribution in [3.05, 3.63) is 53.4 Å². The molecule has 6 heteroatoms. The van der Waals surface area contributed by atoms with E-state index in [9.17, 15) is 9.18 Å². The van der Waals surface area contributed by atoms with Gasteiger partial charge in [-0.2, -0.15) is 0 Å². The van der Waals surface area contributed by atoms with Crippen LogP contribution in [0.15, 0.2) is 36.4 Å². The van der Waals surface area contributed by atoms with Crippen LogP contribution < -0.4 is 19.5 Å². The molecule has 25 heavy (non-hydrogen) atoms. The third kappa shape index (κ3) is 4.50. The predicted molar refractivity (Wildman–Crippen MR) is 94.9 cm³/mol. The number of benzene rings is 2. The van der Waals surface area contributed by atoms with Crippen LogP contribution in [0.1, 0.15) is 11.1 Å². The molecule has 0 fully saturated rings. The number of halogens is 1. The third-order valence-corrected chi connectivity index (χ3v) is 3.49. The molecule has 1 N–H and O–H groups in total. The number of hydrogen-bond acceptors (Lipinski definition) is 4. The molecular weight excluding hydrogens is 325 g/mol. The van der Waals surface area contributed by atoms with Crippen molar-refractivity contribution in [2.75, 3.05) is 26.6 Å². The lowest BCUT2D eigenvalue weighted by molar-refractivity contribution is -0.111. The van der Waals surface area contributed by atoms with Crippen molar-refractivity contribution in [1.82, 2.24) is 0 Å². The Bertz CT molecular complexity index is 777. The van der Waals surface area contributed by atoms with E-state index in [1.54, 1.807) is 30.3 Å². The molecule has 0 atom stereocenters. The summed E-state index contributed by atoms with van der Waals surface area (Å²) >= 11 is 0. The molecule has 2 aromatic carbocycles. The van der Waals surface area contributed by atoms with E-state index in [2.05, 4.69) is 5.32 Å². The Morgan fingerprint density at radius 2 is 1.68 bits per heavy atom. The highest BCUT2D eigenvalue weighted by molar-refractivity contribution is 6.02. The summed E-state index contributed by atoms with van der Waals surface area (Å²) in [5.74, 6) is 0.491. The Labute approximate surface area is 146 Å². The molecule has 0 heterocycles. The molecule has 0 spiro atoms. The zero-order valence-corrected chi connectivity index (χ0v) is 14.6. The van der Waals surface area contributed by atoms with Gasteiger partial charge in [0.25, 0.3) is 0 Å². The van der Waals surface area contributed by atoms with Crippen LogP contribution in [0.3, 0.4) is 0 Å². The lowest BCUT2D eigenvalue weighted by Crippen LogP contribution is -2.09. The smallest absolute Gasteiger partial charge is 0.248 e. The molecular formula is C19H20FNO4. The molecule has 0 aliphatic carbocycles. The van der Waals surface area contributed by atoms with Crippen LogP contribution in [0, 0.1) is 12.7 Å². The number of hydrogen-bond donors (Lipinski definition) is 1. The van der Waals surface area contributed by atoms with Gasteiger partial charge in [0.1, 0.15) is 5.82 Å². The molecule has 0 aromatic heterocycles. The van der Waals surface area contributed by atoms with Crippen LogP contribution in [-0.2, 0) is 4.79 Å². The van der Waals surface area contributed by atoms with Gasteiger partial charge in [0.2, 0.25) is 11.7 Å². The highest BCUT2D eigenvalue weighted by Crippen LogP contribution is 2.38. The maximum atomic E-state index is 13.7. The number of aryl methyl sites for hydroxylation is 1. The standard InChI is InChI=1S/C19H20FNO4/c1-12-5-7-14(20)15(9-12)21-18(22)8-6-13-10-16(23-2)19(25-4)17(11-13)24-3/h5-11H,1-4H3,(H,21,22)/b8-6+. The van der Waals surface area contributed by atoms with Gasteiger partial charge in [-0.25, -0.2) is 4.39 Å². The lowest BCUT2D eigenvalue weighted by atomic mass is 10.1. The molecule has 0 unspecified atom stereocenters. The van der Waals surface area contributed by atoms with Crippen molar-refractivity contribution in [3.63, 3.8) is 0 Å². The third-order valence-electron chi connectivity index (χ3n) is 3.49. The fourth-order valence-corrected chi connectivity index (χ4v) is 2.28. The summed E-state index contributed by atoms with van der Waals surface area (Å²) in [5, 5.41) is 2.51. The van der Waals surface area contributed by atoms with E-state index in [0.29, 0.717) is 22.8 Å². The van der Waals surface area contributed by atoms with E-state index < -0.39 is 11.7 Å². The highest BCUT2D eigenvalue weighted by Gasteiger charge is 2.12. The normalized spacial score (nSPS) is 10.6. The van der Waals surface area contributed by atoms with E-state index in [-0.39, 0.29) is 5.69 Å². The molecule has 2 aromatic rings. The summed E-state index contributed by atoms with van der Waals surface area (Å²) in [6.07, 6.45) is 2.88. The van der Waals surface area contributed by atoms with Crippen LogP contribution >= 0.6 is 0 Å². The summed E-state index contributed by atoms with van der Waals surface area (Å²) < 4.78 is 29.5. The van der Waals surface area contributed by atoms with E-state index in [1.807, 2.05) is 6.92 Å². The molecule has 0 aliphatic rings. The van der Waals surface area contributed by atoms with E-state index in [1.165, 1.54) is 33.5 Å². The second-order valence-corrected chi connectivity index (χ2v) is 5.26. The summed E-state index contributed by atoms with van der Waals surface area (Å²) in [4.78, 5) is 12.0. The van der Waals surface area contributed by atoms with E-state index in [4.69, 9.17) is 14.2 Å². The minimum Gasteiger partial charge on any atom is -0.493 e. The zero-order chi connectivity index (χ0) is 18.4. The van der Waals surface area contributed by atoms with Gasteiger partial charge >= 0.3 is 0 Å². The Kier molecular flexibility index (Phi) is 6.00. The van der Waals surface area contributed by atoms with Crippen molar-refractivity contribution in [3.8, 4) is 17.2 Å². The highest BCUT2D eigenvalue weighted by atomic mass is 19.1. The maximum absolute atomic E-state index is 13.7. The summed E-state index contributed by atoms with van der Waals surface area (Å²) in [5.41, 5.74) is 1.67. The summed E-state index contributed by atoms with van der Waals surface area (Å²) in [6, 6.07) is 7.93. The van der Waals surface area contributed by atoms with Gasteiger partial charge in [0.05, 0.1) is 27.0 Å². The summed E-state index contributed by atoms with van der Waals surface area (Å²) in [6.45, 7) is 1.82. The minimum absolute atomic E-state index is 0.138. The molecule has 0 radical (unpaired) electrons. The van der Waals surface area contributed by atoms with E-state index >= 15 is 0 Å². The van der Waals surface area contributed by atoms with E-state index in [0.717, 1.165) is 5.56 Å². The Morgan fingerprint density at radius 3 is 2.24 bits per heavy atom. The van der Waals surface area contributed by atoms with Gasteiger partial charge in [0.15, 0.2) is 11.5 Å². The number of nitrogens with one attached hydrogen (secondary N) is 1. The van der Waals surface area contributed by atoms with Gasteiger partial charge in [-0.15, -0.1) is 0 Å². The SMILES string of the molecule is COc1cc(/C=C/C(=O)Nc2cc(C)ccc2F)cc(OC)c1OC. The summed E-state index contributed by atoms with van der Waals surface area (Å²) in [7, 11) is 4.54. The Morgan fingerprint density at radius 1 is 1.04 bits per heavy atom. The first-order valence-corrected chi connectivity index (χ1v) is 7.53. The molecule has 5 nitrogen and oxygen atoms in total. The van der Waals surface area contributed by atoms with Crippen LogP contribution in [0.25, 0.3) is 6.08 Å². The number of ether oxygens (including phenoxy) is 3. The topological polar surface area (TPSA) is 56.8 Å². The second kappa shape index (κ2) is 8.19. The van der Waals surface area contributed by atoms with Crippen LogP contribution in [0.5, 0.6) is 17.2 Å². The number of carbonyl (C=O) groups is 1. The van der Waals surface area contributed by atoms with Crippen molar-refractivity contribution < 1.29 is 23.4 Å². The monoisotopic (exact) mass is 345 g/mol. The maximum Gasteiger partial charge on any atom is 0.248 e. The number of methoxy groups -OCH3 is 3. The Hall–Kier alpha value is -3.02. The van der Waals surface area contributed by atoms with Crippen LogP contribution in [0.2, 0.25) is 0 Å². The number of carbonyl (C=O) groups excluding carboxylic acids is 1. The minimum atomic E-state index is -0.486. The van der Waals surface area contributed by atoms with Gasteiger partial charge in [0, 0.05) is 6.08 Å². The van der Waals surface area contributed by atoms with Gasteiger partial charge in [-0.1, -0.05) is 6.07 Å². The van der Waals surface area contributed by atoms with Gasteiger partial charge in [-0.3, -0.25) is 4.79 Å². The average molecular weight is 345 g/mol. The van der Waals surface area contributed by atoms with Crippen molar-refractivity contribution in [2.24, 2.45) is 0 Å². The molecule has 0 bridgehead atoms. The molecule has 0 saturated heterocycles. The average Bonchev–Trinajstić information content (AvgIpc) is 2.61. The van der Waals surface area contributed by atoms with Crippen LogP contribution in [-0.4, -0.2) is 27.2 Å². The number of rotatable bonds is 6. The van der Waals surface area contributed by atoms with Gasteiger partial charge < -0.3 is 19.5 Å². The lowest BCUT2D eigenvalue weighted by Gasteiger charge is -2.12. The van der Waals surface area contributed by atoms with Gasteiger partial charge in [-0.05, 0) is 48.4 Å². The molecule has 0 saturated carbocycles. The first kappa shape index (κ1) is 18.3. The Balaban J connectivity index is 2.20. The molecule has 0 aliphatic heterocycles. The fourth-order valence-electron chi connectivity index (χ4n) is 2.28. The quantitative estimate of drug-likeness (QED) is 0.809. The van der Waals surface area contributed by atoms with Crippen molar-refractivity contribution in [1.29, 1.82) is 0 Å². The first-order valence-electron chi connectivity index (χ1n) is 7.53.